The van der Waals surface area contributed by atoms with Gasteiger partial charge in [0.15, 0.2) is 0 Å². The third-order valence-electron chi connectivity index (χ3n) is 6.56. The predicted molar refractivity (Wildman–Crippen MR) is 137 cm³/mol. The topological polar surface area (TPSA) is 49.4 Å². The van der Waals surface area contributed by atoms with E-state index in [4.69, 9.17) is 0 Å². The first-order chi connectivity index (χ1) is 16.4. The molecule has 0 radical (unpaired) electrons. The Labute approximate surface area is 206 Å². The number of thioether (sulfide) groups is 1. The highest BCUT2D eigenvalue weighted by molar-refractivity contribution is 8.04. The van der Waals surface area contributed by atoms with Crippen LogP contribution in [-0.4, -0.2) is 34.6 Å². The molecule has 2 aromatic carbocycles. The SMILES string of the molecule is CC(C)CCNC(=O)c1ccc(/C=C2\SC3CCCCC3N(Cc3ccc(F)cc3)C2=O)cc1. The van der Waals surface area contributed by atoms with Crippen LogP contribution in [0.15, 0.2) is 53.4 Å². The fourth-order valence-corrected chi connectivity index (χ4v) is 6.08. The Hall–Kier alpha value is -2.60. The van der Waals surface area contributed by atoms with E-state index in [1.807, 2.05) is 35.2 Å². The van der Waals surface area contributed by atoms with Crippen molar-refractivity contribution in [1.82, 2.24) is 10.2 Å². The molecule has 0 spiro atoms. The van der Waals surface area contributed by atoms with Gasteiger partial charge in [0, 0.05) is 29.9 Å². The summed E-state index contributed by atoms with van der Waals surface area (Å²) in [6.45, 7) is 5.43. The third-order valence-corrected chi connectivity index (χ3v) is 7.96. The maximum Gasteiger partial charge on any atom is 0.260 e. The molecule has 2 aliphatic rings. The molecule has 4 nitrogen and oxygen atoms in total. The average molecular weight is 481 g/mol. The van der Waals surface area contributed by atoms with E-state index in [0.717, 1.165) is 41.7 Å². The summed E-state index contributed by atoms with van der Waals surface area (Å²) in [6, 6.07) is 14.1. The van der Waals surface area contributed by atoms with Crippen LogP contribution in [0.5, 0.6) is 0 Å². The molecule has 2 amide bonds. The normalized spacial score (nSPS) is 21.6. The van der Waals surface area contributed by atoms with Gasteiger partial charge in [0.25, 0.3) is 11.8 Å². The van der Waals surface area contributed by atoms with E-state index in [2.05, 4.69) is 19.2 Å². The first kappa shape index (κ1) is 24.5. The number of benzene rings is 2. The zero-order valence-corrected chi connectivity index (χ0v) is 20.7. The van der Waals surface area contributed by atoms with Crippen molar-refractivity contribution < 1.29 is 14.0 Å². The minimum atomic E-state index is -0.266. The highest BCUT2D eigenvalue weighted by Crippen LogP contribution is 2.42. The van der Waals surface area contributed by atoms with Crippen LogP contribution < -0.4 is 5.32 Å². The lowest BCUT2D eigenvalue weighted by Gasteiger charge is -2.44. The molecule has 2 unspecified atom stereocenters. The van der Waals surface area contributed by atoms with E-state index < -0.39 is 0 Å². The van der Waals surface area contributed by atoms with Crippen LogP contribution >= 0.6 is 11.8 Å². The van der Waals surface area contributed by atoms with Crippen LogP contribution in [0, 0.1) is 11.7 Å². The van der Waals surface area contributed by atoms with Crippen LogP contribution in [0.2, 0.25) is 0 Å². The zero-order chi connectivity index (χ0) is 24.1. The average Bonchev–Trinajstić information content (AvgIpc) is 2.83. The molecule has 0 bridgehead atoms. The second kappa shape index (κ2) is 11.2. The molecule has 34 heavy (non-hydrogen) atoms. The van der Waals surface area contributed by atoms with Gasteiger partial charge in [-0.15, -0.1) is 11.8 Å². The van der Waals surface area contributed by atoms with Gasteiger partial charge >= 0.3 is 0 Å². The maximum atomic E-state index is 13.5. The summed E-state index contributed by atoms with van der Waals surface area (Å²) in [5.41, 5.74) is 2.47. The van der Waals surface area contributed by atoms with Crippen LogP contribution in [0.25, 0.3) is 6.08 Å². The number of hydrogen-bond acceptors (Lipinski definition) is 3. The molecule has 1 N–H and O–H groups in total. The summed E-state index contributed by atoms with van der Waals surface area (Å²) >= 11 is 1.69. The first-order valence-corrected chi connectivity index (χ1v) is 13.1. The Morgan fingerprint density at radius 3 is 2.53 bits per heavy atom. The van der Waals surface area contributed by atoms with Gasteiger partial charge in [-0.2, -0.15) is 0 Å². The number of carbonyl (C=O) groups excluding carboxylic acids is 2. The lowest BCUT2D eigenvalue weighted by molar-refractivity contribution is -0.130. The number of nitrogens with one attached hydrogen (secondary N) is 1. The van der Waals surface area contributed by atoms with E-state index in [9.17, 15) is 14.0 Å². The Morgan fingerprint density at radius 1 is 1.12 bits per heavy atom. The zero-order valence-electron chi connectivity index (χ0n) is 19.9. The van der Waals surface area contributed by atoms with Gasteiger partial charge in [0.05, 0.1) is 4.91 Å². The van der Waals surface area contributed by atoms with Gasteiger partial charge in [-0.25, -0.2) is 4.39 Å². The van der Waals surface area contributed by atoms with E-state index in [1.165, 1.54) is 18.6 Å². The Bertz CT molecular complexity index is 1030. The second-order valence-electron chi connectivity index (χ2n) is 9.64. The number of halogens is 1. The largest absolute Gasteiger partial charge is 0.352 e. The quantitative estimate of drug-likeness (QED) is 0.492. The number of carbonyl (C=O) groups is 2. The number of rotatable bonds is 7. The van der Waals surface area contributed by atoms with E-state index in [1.54, 1.807) is 23.9 Å². The van der Waals surface area contributed by atoms with Crippen molar-refractivity contribution in [1.29, 1.82) is 0 Å². The van der Waals surface area contributed by atoms with Gasteiger partial charge in [-0.3, -0.25) is 9.59 Å². The summed E-state index contributed by atoms with van der Waals surface area (Å²) < 4.78 is 13.4. The number of hydrogen-bond donors (Lipinski definition) is 1. The number of nitrogens with zero attached hydrogens (tertiary/aromatic N) is 1. The summed E-state index contributed by atoms with van der Waals surface area (Å²) in [7, 11) is 0. The van der Waals surface area contributed by atoms with Crippen LogP contribution in [0.4, 0.5) is 4.39 Å². The molecule has 0 aromatic heterocycles. The molecule has 6 heteroatoms. The molecule has 2 aromatic rings. The molecular formula is C28H33FN2O2S. The van der Waals surface area contributed by atoms with Gasteiger partial charge in [0.2, 0.25) is 0 Å². The van der Waals surface area contributed by atoms with Gasteiger partial charge < -0.3 is 10.2 Å². The summed E-state index contributed by atoms with van der Waals surface area (Å²) in [4.78, 5) is 28.6. The smallest absolute Gasteiger partial charge is 0.260 e. The molecule has 1 saturated heterocycles. The van der Waals surface area contributed by atoms with Crippen molar-refractivity contribution in [3.8, 4) is 0 Å². The number of amides is 2. The molecule has 2 fully saturated rings. The predicted octanol–water partition coefficient (Wildman–Crippen LogP) is 6.03. The van der Waals surface area contributed by atoms with E-state index in [0.29, 0.717) is 29.8 Å². The summed E-state index contributed by atoms with van der Waals surface area (Å²) in [5, 5.41) is 3.34. The molecular weight excluding hydrogens is 447 g/mol. The van der Waals surface area contributed by atoms with Crippen LogP contribution in [-0.2, 0) is 11.3 Å². The molecule has 1 heterocycles. The highest BCUT2D eigenvalue weighted by Gasteiger charge is 2.40. The minimum absolute atomic E-state index is 0.0352. The second-order valence-corrected chi connectivity index (χ2v) is 10.9. The van der Waals surface area contributed by atoms with Crippen molar-refractivity contribution in [2.45, 2.75) is 63.8 Å². The van der Waals surface area contributed by atoms with E-state index in [-0.39, 0.29) is 23.7 Å². The van der Waals surface area contributed by atoms with Crippen molar-refractivity contribution in [3.63, 3.8) is 0 Å². The first-order valence-electron chi connectivity index (χ1n) is 12.2. The van der Waals surface area contributed by atoms with Gasteiger partial charge in [-0.05, 0) is 66.6 Å². The summed E-state index contributed by atoms with van der Waals surface area (Å²) in [5.74, 6) is 0.246. The Kier molecular flexibility index (Phi) is 8.09. The fraction of sp³-hybridized carbons (Fsp3) is 0.429. The summed E-state index contributed by atoms with van der Waals surface area (Å²) in [6.07, 6.45) is 7.31. The highest BCUT2D eigenvalue weighted by atomic mass is 32.2. The third kappa shape index (κ3) is 6.09. The molecule has 1 aliphatic heterocycles. The lowest BCUT2D eigenvalue weighted by Crippen LogP contribution is -2.50. The Morgan fingerprint density at radius 2 is 1.82 bits per heavy atom. The van der Waals surface area contributed by atoms with Crippen molar-refractivity contribution in [2.24, 2.45) is 5.92 Å². The molecule has 2 atom stereocenters. The minimum Gasteiger partial charge on any atom is -0.352 e. The van der Waals surface area contributed by atoms with Crippen molar-refractivity contribution >= 4 is 29.7 Å². The number of fused-ring (bicyclic) bond motifs is 1. The van der Waals surface area contributed by atoms with Gasteiger partial charge in [0.1, 0.15) is 5.82 Å². The maximum absolute atomic E-state index is 13.5. The van der Waals surface area contributed by atoms with Crippen molar-refractivity contribution in [3.05, 3.63) is 75.9 Å². The molecule has 4 rings (SSSR count). The molecule has 1 aliphatic carbocycles. The Balaban J connectivity index is 1.50. The van der Waals surface area contributed by atoms with Crippen LogP contribution in [0.1, 0.15) is 67.4 Å². The lowest BCUT2D eigenvalue weighted by atomic mass is 9.92. The van der Waals surface area contributed by atoms with E-state index >= 15 is 0 Å². The monoisotopic (exact) mass is 480 g/mol. The molecule has 180 valence electrons. The molecule has 1 saturated carbocycles. The van der Waals surface area contributed by atoms with Crippen LogP contribution in [0.3, 0.4) is 0 Å². The van der Waals surface area contributed by atoms with Gasteiger partial charge in [-0.1, -0.05) is 51.0 Å². The standard InChI is InChI=1S/C28H33FN2O2S/c1-19(2)15-16-30-27(32)22-11-7-20(8-12-22)17-26-28(33)31(18-21-9-13-23(29)14-10-21)24-5-3-4-6-25(24)34-26/h7-14,17,19,24-25H,3-6,15-16,18H2,1-2H3,(H,30,32)/b26-17-. The van der Waals surface area contributed by atoms with Crippen molar-refractivity contribution in [2.75, 3.05) is 6.54 Å². The fourth-order valence-electron chi connectivity index (χ4n) is 4.61.